The van der Waals surface area contributed by atoms with Gasteiger partial charge in [-0.05, 0) is 47.7 Å². The van der Waals surface area contributed by atoms with Crippen LogP contribution < -0.4 is 10.1 Å². The number of benzene rings is 3. The Hall–Kier alpha value is -2.36. The normalized spacial score (nSPS) is 16.7. The molecular weight excluding hydrogens is 334 g/mol. The molecule has 3 aromatic rings. The zero-order valence-electron chi connectivity index (χ0n) is 15.9. The second-order valence-corrected chi connectivity index (χ2v) is 7.24. The smallest absolute Gasteiger partial charge is 0.124 e. The lowest BCUT2D eigenvalue weighted by molar-refractivity contribution is 0.110. The highest BCUT2D eigenvalue weighted by Crippen LogP contribution is 2.29. The van der Waals surface area contributed by atoms with E-state index in [0.717, 1.165) is 31.9 Å². The SMILES string of the molecule is Cc1ccccc1COc1ccc2ccccc2c1CNCC1CCCO1. The van der Waals surface area contributed by atoms with E-state index in [-0.39, 0.29) is 0 Å². The highest BCUT2D eigenvalue weighted by atomic mass is 16.5. The summed E-state index contributed by atoms with van der Waals surface area (Å²) >= 11 is 0. The van der Waals surface area contributed by atoms with Gasteiger partial charge in [0.2, 0.25) is 0 Å². The lowest BCUT2D eigenvalue weighted by Gasteiger charge is -2.17. The van der Waals surface area contributed by atoms with Gasteiger partial charge in [-0.1, -0.05) is 54.6 Å². The Balaban J connectivity index is 1.54. The van der Waals surface area contributed by atoms with Crippen LogP contribution in [-0.4, -0.2) is 19.3 Å². The van der Waals surface area contributed by atoms with E-state index < -0.39 is 0 Å². The molecule has 1 unspecified atom stereocenters. The van der Waals surface area contributed by atoms with Gasteiger partial charge < -0.3 is 14.8 Å². The largest absolute Gasteiger partial charge is 0.489 e. The van der Waals surface area contributed by atoms with E-state index >= 15 is 0 Å². The summed E-state index contributed by atoms with van der Waals surface area (Å²) in [7, 11) is 0. The number of fused-ring (bicyclic) bond motifs is 1. The van der Waals surface area contributed by atoms with Crippen LogP contribution >= 0.6 is 0 Å². The zero-order valence-corrected chi connectivity index (χ0v) is 15.9. The van der Waals surface area contributed by atoms with Crippen molar-refractivity contribution in [1.29, 1.82) is 0 Å². The minimum Gasteiger partial charge on any atom is -0.489 e. The zero-order chi connectivity index (χ0) is 18.5. The molecule has 1 N–H and O–H groups in total. The summed E-state index contributed by atoms with van der Waals surface area (Å²) in [5, 5.41) is 6.08. The predicted molar refractivity (Wildman–Crippen MR) is 110 cm³/mol. The summed E-state index contributed by atoms with van der Waals surface area (Å²) in [5.41, 5.74) is 3.71. The quantitative estimate of drug-likeness (QED) is 0.643. The standard InChI is InChI=1S/C24H27NO2/c1-18-7-2-3-9-20(18)17-27-24-13-12-19-8-4-5-11-22(19)23(24)16-25-15-21-10-6-14-26-21/h2-5,7-9,11-13,21,25H,6,10,14-17H2,1H3. The molecule has 0 spiro atoms. The van der Waals surface area contributed by atoms with Crippen LogP contribution in [0.15, 0.2) is 60.7 Å². The van der Waals surface area contributed by atoms with Crippen molar-refractivity contribution in [2.75, 3.05) is 13.2 Å². The van der Waals surface area contributed by atoms with Gasteiger partial charge in [-0.3, -0.25) is 0 Å². The van der Waals surface area contributed by atoms with E-state index in [1.807, 2.05) is 0 Å². The molecule has 140 valence electrons. The molecule has 0 aromatic heterocycles. The van der Waals surface area contributed by atoms with Crippen molar-refractivity contribution >= 4 is 10.8 Å². The van der Waals surface area contributed by atoms with Gasteiger partial charge >= 0.3 is 0 Å². The van der Waals surface area contributed by atoms with Crippen LogP contribution in [0.25, 0.3) is 10.8 Å². The predicted octanol–water partition coefficient (Wildman–Crippen LogP) is 5.00. The highest BCUT2D eigenvalue weighted by molar-refractivity contribution is 5.87. The molecule has 0 amide bonds. The van der Waals surface area contributed by atoms with Crippen LogP contribution in [0.2, 0.25) is 0 Å². The molecule has 0 saturated carbocycles. The monoisotopic (exact) mass is 361 g/mol. The lowest BCUT2D eigenvalue weighted by Crippen LogP contribution is -2.26. The molecule has 1 aliphatic rings. The highest BCUT2D eigenvalue weighted by Gasteiger charge is 2.16. The maximum absolute atomic E-state index is 6.26. The fourth-order valence-corrected chi connectivity index (χ4v) is 3.72. The molecule has 0 radical (unpaired) electrons. The van der Waals surface area contributed by atoms with Crippen molar-refractivity contribution in [2.45, 2.75) is 39.0 Å². The summed E-state index contributed by atoms with van der Waals surface area (Å²) < 4.78 is 12.0. The van der Waals surface area contributed by atoms with Gasteiger partial charge in [-0.2, -0.15) is 0 Å². The van der Waals surface area contributed by atoms with Crippen LogP contribution in [0.4, 0.5) is 0 Å². The maximum Gasteiger partial charge on any atom is 0.124 e. The third-order valence-corrected chi connectivity index (χ3v) is 5.34. The molecule has 0 bridgehead atoms. The molecule has 1 atom stereocenters. The third-order valence-electron chi connectivity index (χ3n) is 5.34. The van der Waals surface area contributed by atoms with E-state index in [1.54, 1.807) is 0 Å². The maximum atomic E-state index is 6.26. The van der Waals surface area contributed by atoms with Crippen LogP contribution in [0.1, 0.15) is 29.5 Å². The Labute approximate surface area is 161 Å². The molecule has 1 fully saturated rings. The van der Waals surface area contributed by atoms with Crippen molar-refractivity contribution in [2.24, 2.45) is 0 Å². The van der Waals surface area contributed by atoms with Gasteiger partial charge in [0.15, 0.2) is 0 Å². The first-order valence-corrected chi connectivity index (χ1v) is 9.81. The fraction of sp³-hybridized carbons (Fsp3) is 0.333. The molecule has 3 heteroatoms. The second kappa shape index (κ2) is 8.55. The van der Waals surface area contributed by atoms with Crippen molar-refractivity contribution in [3.8, 4) is 5.75 Å². The number of rotatable bonds is 7. The Kier molecular flexibility index (Phi) is 5.71. The number of hydrogen-bond acceptors (Lipinski definition) is 3. The molecule has 27 heavy (non-hydrogen) atoms. The molecule has 3 nitrogen and oxygen atoms in total. The van der Waals surface area contributed by atoms with Crippen LogP contribution in [0.3, 0.4) is 0 Å². The Morgan fingerprint density at radius 2 is 1.89 bits per heavy atom. The molecule has 1 saturated heterocycles. The van der Waals surface area contributed by atoms with Gasteiger partial charge in [-0.25, -0.2) is 0 Å². The van der Waals surface area contributed by atoms with E-state index in [9.17, 15) is 0 Å². The molecule has 1 aliphatic heterocycles. The average molecular weight is 361 g/mol. The first kappa shape index (κ1) is 18.0. The molecule has 1 heterocycles. The van der Waals surface area contributed by atoms with Crippen molar-refractivity contribution in [1.82, 2.24) is 5.32 Å². The van der Waals surface area contributed by atoms with Gasteiger partial charge in [0.1, 0.15) is 12.4 Å². The summed E-state index contributed by atoms with van der Waals surface area (Å²) in [6, 6.07) is 21.1. The topological polar surface area (TPSA) is 30.5 Å². The lowest BCUT2D eigenvalue weighted by atomic mass is 10.0. The van der Waals surface area contributed by atoms with Gasteiger partial charge in [0.25, 0.3) is 0 Å². The van der Waals surface area contributed by atoms with Gasteiger partial charge in [0.05, 0.1) is 6.10 Å². The third kappa shape index (κ3) is 4.32. The molecule has 3 aromatic carbocycles. The van der Waals surface area contributed by atoms with Crippen LogP contribution in [0.5, 0.6) is 5.75 Å². The van der Waals surface area contributed by atoms with E-state index in [1.165, 1.54) is 33.9 Å². The molecular formula is C24H27NO2. The number of aryl methyl sites for hydroxylation is 1. The number of hydrogen-bond donors (Lipinski definition) is 1. The average Bonchev–Trinajstić information content (AvgIpc) is 3.21. The number of nitrogens with one attached hydrogen (secondary N) is 1. The molecule has 4 rings (SSSR count). The van der Waals surface area contributed by atoms with E-state index in [4.69, 9.17) is 9.47 Å². The van der Waals surface area contributed by atoms with E-state index in [0.29, 0.717) is 12.7 Å². The second-order valence-electron chi connectivity index (χ2n) is 7.24. The van der Waals surface area contributed by atoms with Gasteiger partial charge in [-0.15, -0.1) is 0 Å². The summed E-state index contributed by atoms with van der Waals surface area (Å²) in [4.78, 5) is 0. The van der Waals surface area contributed by atoms with Crippen LogP contribution in [0, 0.1) is 6.92 Å². The van der Waals surface area contributed by atoms with Crippen LogP contribution in [-0.2, 0) is 17.9 Å². The summed E-state index contributed by atoms with van der Waals surface area (Å²) in [6.07, 6.45) is 2.67. The minimum atomic E-state index is 0.344. The Morgan fingerprint density at radius 3 is 2.74 bits per heavy atom. The summed E-state index contributed by atoms with van der Waals surface area (Å²) in [5.74, 6) is 0.955. The number of ether oxygens (including phenoxy) is 2. The summed E-state index contributed by atoms with van der Waals surface area (Å²) in [6.45, 7) is 5.28. The minimum absolute atomic E-state index is 0.344. The van der Waals surface area contributed by atoms with E-state index in [2.05, 4.69) is 72.9 Å². The first-order chi connectivity index (χ1) is 13.3. The fourth-order valence-electron chi connectivity index (χ4n) is 3.72. The molecule has 0 aliphatic carbocycles. The first-order valence-electron chi connectivity index (χ1n) is 9.81. The van der Waals surface area contributed by atoms with Crippen molar-refractivity contribution < 1.29 is 9.47 Å². The Bertz CT molecular complexity index is 900. The Morgan fingerprint density at radius 1 is 1.04 bits per heavy atom. The van der Waals surface area contributed by atoms with Crippen molar-refractivity contribution in [3.63, 3.8) is 0 Å². The van der Waals surface area contributed by atoms with Gasteiger partial charge in [0, 0.05) is 25.3 Å². The van der Waals surface area contributed by atoms with Crippen molar-refractivity contribution in [3.05, 3.63) is 77.4 Å².